The number of benzene rings is 1. The molecule has 0 aliphatic carbocycles. The smallest absolute Gasteiger partial charge is 0.321 e. The monoisotopic (exact) mass is 251 g/mol. The van der Waals surface area contributed by atoms with Gasteiger partial charge >= 0.3 is 11.9 Å². The number of carboxylic acids is 2. The zero-order valence-electron chi connectivity index (χ0n) is 10.4. The lowest BCUT2D eigenvalue weighted by molar-refractivity contribution is -0.146. The summed E-state index contributed by atoms with van der Waals surface area (Å²) >= 11 is 0. The molecule has 0 spiro atoms. The maximum Gasteiger partial charge on any atom is 0.321 e. The van der Waals surface area contributed by atoms with Gasteiger partial charge in [-0.3, -0.25) is 14.9 Å². The highest BCUT2D eigenvalue weighted by atomic mass is 16.4. The molecule has 1 aromatic rings. The van der Waals surface area contributed by atoms with Gasteiger partial charge in [0.05, 0.1) is 6.42 Å². The summed E-state index contributed by atoms with van der Waals surface area (Å²) in [4.78, 5) is 21.4. The highest BCUT2D eigenvalue weighted by molar-refractivity contribution is 5.80. The van der Waals surface area contributed by atoms with Crippen LogP contribution in [0.15, 0.2) is 18.2 Å². The molecule has 0 heterocycles. The quantitative estimate of drug-likeness (QED) is 0.710. The van der Waals surface area contributed by atoms with Crippen molar-refractivity contribution in [2.45, 2.75) is 32.9 Å². The minimum Gasteiger partial charge on any atom is -0.481 e. The van der Waals surface area contributed by atoms with Crippen molar-refractivity contribution in [3.63, 3.8) is 0 Å². The molecule has 1 unspecified atom stereocenters. The van der Waals surface area contributed by atoms with E-state index in [0.29, 0.717) is 6.54 Å². The lowest BCUT2D eigenvalue weighted by Crippen LogP contribution is -2.38. The fraction of sp³-hybridized carbons (Fsp3) is 0.385. The summed E-state index contributed by atoms with van der Waals surface area (Å²) in [5.74, 6) is -2.28. The first-order chi connectivity index (χ1) is 8.40. The van der Waals surface area contributed by atoms with Gasteiger partial charge in [0.25, 0.3) is 0 Å². The topological polar surface area (TPSA) is 86.6 Å². The van der Waals surface area contributed by atoms with Crippen molar-refractivity contribution in [3.8, 4) is 0 Å². The van der Waals surface area contributed by atoms with Gasteiger partial charge in [0.2, 0.25) is 0 Å². The number of aryl methyl sites for hydroxylation is 2. The average Bonchev–Trinajstić information content (AvgIpc) is 2.27. The van der Waals surface area contributed by atoms with Gasteiger partial charge < -0.3 is 10.2 Å². The SMILES string of the molecule is Cc1ccc(C)c(CNC(CC(=O)O)C(=O)O)c1. The molecule has 98 valence electrons. The predicted octanol–water partition coefficient (Wildman–Crippen LogP) is 1.32. The van der Waals surface area contributed by atoms with E-state index in [0.717, 1.165) is 16.7 Å². The third-order valence-corrected chi connectivity index (χ3v) is 2.72. The minimum absolute atomic E-state index is 0.345. The van der Waals surface area contributed by atoms with Crippen molar-refractivity contribution in [2.24, 2.45) is 0 Å². The lowest BCUT2D eigenvalue weighted by atomic mass is 10.1. The second kappa shape index (κ2) is 6.16. The van der Waals surface area contributed by atoms with Crippen molar-refractivity contribution in [1.29, 1.82) is 0 Å². The van der Waals surface area contributed by atoms with E-state index in [1.165, 1.54) is 0 Å². The molecule has 18 heavy (non-hydrogen) atoms. The normalized spacial score (nSPS) is 12.1. The van der Waals surface area contributed by atoms with Crippen LogP contribution in [0.4, 0.5) is 0 Å². The standard InChI is InChI=1S/C13H17NO4/c1-8-3-4-9(2)10(5-8)7-14-11(13(17)18)6-12(15)16/h3-5,11,14H,6-7H2,1-2H3,(H,15,16)(H,17,18). The Morgan fingerprint density at radius 2 is 1.94 bits per heavy atom. The summed E-state index contributed by atoms with van der Waals surface area (Å²) in [6.07, 6.45) is -0.430. The largest absolute Gasteiger partial charge is 0.481 e. The zero-order chi connectivity index (χ0) is 13.7. The maximum atomic E-state index is 10.9. The van der Waals surface area contributed by atoms with Crippen molar-refractivity contribution >= 4 is 11.9 Å². The predicted molar refractivity (Wildman–Crippen MR) is 66.4 cm³/mol. The Labute approximate surface area is 105 Å². The van der Waals surface area contributed by atoms with Gasteiger partial charge in [-0.1, -0.05) is 23.8 Å². The second-order valence-electron chi connectivity index (χ2n) is 4.30. The highest BCUT2D eigenvalue weighted by Gasteiger charge is 2.20. The van der Waals surface area contributed by atoms with Gasteiger partial charge in [0.15, 0.2) is 0 Å². The molecule has 1 aromatic carbocycles. The van der Waals surface area contributed by atoms with E-state index in [1.807, 2.05) is 32.0 Å². The summed E-state index contributed by atoms with van der Waals surface area (Å²) in [5.41, 5.74) is 3.11. The third-order valence-electron chi connectivity index (χ3n) is 2.72. The van der Waals surface area contributed by atoms with Gasteiger partial charge in [0.1, 0.15) is 6.04 Å². The third kappa shape index (κ3) is 4.18. The summed E-state index contributed by atoms with van der Waals surface area (Å²) in [7, 11) is 0. The summed E-state index contributed by atoms with van der Waals surface area (Å²) in [6, 6.07) is 4.83. The van der Waals surface area contributed by atoms with E-state index in [-0.39, 0.29) is 0 Å². The molecular weight excluding hydrogens is 234 g/mol. The first-order valence-electron chi connectivity index (χ1n) is 5.64. The molecule has 0 saturated carbocycles. The Bertz CT molecular complexity index is 456. The van der Waals surface area contributed by atoms with E-state index < -0.39 is 24.4 Å². The number of carboxylic acid groups (broad SMARTS) is 2. The summed E-state index contributed by atoms with van der Waals surface area (Å²) < 4.78 is 0. The molecule has 1 rings (SSSR count). The average molecular weight is 251 g/mol. The van der Waals surface area contributed by atoms with Gasteiger partial charge in [-0.15, -0.1) is 0 Å². The minimum atomic E-state index is -1.15. The molecule has 0 amide bonds. The molecule has 0 aliphatic heterocycles. The fourth-order valence-corrected chi connectivity index (χ4v) is 1.65. The number of carbonyl (C=O) groups is 2. The van der Waals surface area contributed by atoms with Crippen LogP contribution in [0.25, 0.3) is 0 Å². The molecular formula is C13H17NO4. The van der Waals surface area contributed by atoms with Crippen molar-refractivity contribution in [2.75, 3.05) is 0 Å². The molecule has 0 radical (unpaired) electrons. The number of aliphatic carboxylic acids is 2. The first kappa shape index (κ1) is 14.2. The Balaban J connectivity index is 2.69. The van der Waals surface area contributed by atoms with E-state index in [1.54, 1.807) is 0 Å². The van der Waals surface area contributed by atoms with Crippen LogP contribution in [0.2, 0.25) is 0 Å². The summed E-state index contributed by atoms with van der Waals surface area (Å²) in [5, 5.41) is 20.3. The van der Waals surface area contributed by atoms with Crippen LogP contribution in [-0.2, 0) is 16.1 Å². The molecule has 0 bridgehead atoms. The molecule has 0 fully saturated rings. The molecule has 5 nitrogen and oxygen atoms in total. The maximum absolute atomic E-state index is 10.9. The molecule has 0 aliphatic rings. The van der Waals surface area contributed by atoms with Gasteiger partial charge in [-0.2, -0.15) is 0 Å². The van der Waals surface area contributed by atoms with Crippen LogP contribution in [0.3, 0.4) is 0 Å². The molecule has 0 saturated heterocycles. The first-order valence-corrected chi connectivity index (χ1v) is 5.64. The van der Waals surface area contributed by atoms with E-state index in [4.69, 9.17) is 10.2 Å². The number of nitrogens with one attached hydrogen (secondary N) is 1. The van der Waals surface area contributed by atoms with E-state index in [2.05, 4.69) is 5.32 Å². The van der Waals surface area contributed by atoms with Crippen LogP contribution in [0.5, 0.6) is 0 Å². The number of hydrogen-bond donors (Lipinski definition) is 3. The number of rotatable bonds is 6. The Hall–Kier alpha value is -1.88. The van der Waals surface area contributed by atoms with Crippen LogP contribution in [0.1, 0.15) is 23.1 Å². The molecule has 0 aromatic heterocycles. The fourth-order valence-electron chi connectivity index (χ4n) is 1.65. The number of hydrogen-bond acceptors (Lipinski definition) is 3. The Morgan fingerprint density at radius 3 is 2.50 bits per heavy atom. The molecule has 5 heteroatoms. The van der Waals surface area contributed by atoms with Gasteiger partial charge in [0, 0.05) is 6.54 Å². The molecule has 1 atom stereocenters. The lowest BCUT2D eigenvalue weighted by Gasteiger charge is -2.14. The van der Waals surface area contributed by atoms with Gasteiger partial charge in [-0.05, 0) is 25.0 Å². The van der Waals surface area contributed by atoms with E-state index >= 15 is 0 Å². The van der Waals surface area contributed by atoms with Gasteiger partial charge in [-0.25, -0.2) is 0 Å². The van der Waals surface area contributed by atoms with E-state index in [9.17, 15) is 9.59 Å². The van der Waals surface area contributed by atoms with Crippen molar-refractivity contribution in [1.82, 2.24) is 5.32 Å². The second-order valence-corrected chi connectivity index (χ2v) is 4.30. The summed E-state index contributed by atoms with van der Waals surface area (Å²) in [6.45, 7) is 4.23. The molecule has 3 N–H and O–H groups in total. The van der Waals surface area contributed by atoms with Crippen LogP contribution < -0.4 is 5.32 Å². The Morgan fingerprint density at radius 1 is 1.28 bits per heavy atom. The van der Waals surface area contributed by atoms with Crippen LogP contribution in [-0.4, -0.2) is 28.2 Å². The van der Waals surface area contributed by atoms with Crippen LogP contribution in [0, 0.1) is 13.8 Å². The van der Waals surface area contributed by atoms with Crippen LogP contribution >= 0.6 is 0 Å². The zero-order valence-corrected chi connectivity index (χ0v) is 10.4. The van der Waals surface area contributed by atoms with Crippen molar-refractivity contribution in [3.05, 3.63) is 34.9 Å². The highest BCUT2D eigenvalue weighted by Crippen LogP contribution is 2.10. The van der Waals surface area contributed by atoms with Crippen molar-refractivity contribution < 1.29 is 19.8 Å². The Kier molecular flexibility index (Phi) is 4.85.